The minimum atomic E-state index is -1.06. The van der Waals surface area contributed by atoms with Crippen LogP contribution in [-0.4, -0.2) is 53.0 Å². The zero-order valence-electron chi connectivity index (χ0n) is 15.4. The number of rotatable bonds is 5. The SMILES string of the molecule is O=C(O)c1ccc(NC(=O)c2ccc3c(c2)C(=O)N(C[C@H]2CCCO2)C3=O)cc1. The summed E-state index contributed by atoms with van der Waals surface area (Å²) < 4.78 is 5.51. The number of carboxylic acid groups (broad SMARTS) is 1. The van der Waals surface area contributed by atoms with Crippen molar-refractivity contribution in [3.05, 3.63) is 64.7 Å². The lowest BCUT2D eigenvalue weighted by atomic mass is 10.1. The third-order valence-electron chi connectivity index (χ3n) is 5.03. The molecule has 4 rings (SSSR count). The Morgan fingerprint density at radius 2 is 1.72 bits per heavy atom. The van der Waals surface area contributed by atoms with Gasteiger partial charge in [-0.2, -0.15) is 0 Å². The third-order valence-corrected chi connectivity index (χ3v) is 5.03. The van der Waals surface area contributed by atoms with Gasteiger partial charge in [0.15, 0.2) is 0 Å². The summed E-state index contributed by atoms with van der Waals surface area (Å²) in [5, 5.41) is 11.6. The molecule has 29 heavy (non-hydrogen) atoms. The highest BCUT2D eigenvalue weighted by Gasteiger charge is 2.37. The van der Waals surface area contributed by atoms with E-state index in [1.165, 1.54) is 47.4 Å². The lowest BCUT2D eigenvalue weighted by molar-refractivity contribution is 0.0475. The Morgan fingerprint density at radius 1 is 1.03 bits per heavy atom. The van der Waals surface area contributed by atoms with Gasteiger partial charge in [-0.3, -0.25) is 19.3 Å². The number of fused-ring (bicyclic) bond motifs is 1. The highest BCUT2D eigenvalue weighted by atomic mass is 16.5. The maximum Gasteiger partial charge on any atom is 0.335 e. The van der Waals surface area contributed by atoms with Gasteiger partial charge in [0.05, 0.1) is 29.3 Å². The Morgan fingerprint density at radius 3 is 2.38 bits per heavy atom. The normalized spacial score (nSPS) is 18.1. The molecule has 2 N–H and O–H groups in total. The minimum absolute atomic E-state index is 0.107. The Labute approximate surface area is 166 Å². The van der Waals surface area contributed by atoms with Gasteiger partial charge in [-0.05, 0) is 55.3 Å². The molecule has 0 spiro atoms. The van der Waals surface area contributed by atoms with Crippen molar-refractivity contribution in [1.29, 1.82) is 0 Å². The van der Waals surface area contributed by atoms with Gasteiger partial charge in [-0.15, -0.1) is 0 Å². The standard InChI is InChI=1S/C21H18N2O6/c24-18(22-14-6-3-12(4-7-14)21(27)28)13-5-8-16-17(10-13)20(26)23(19(16)25)11-15-2-1-9-29-15/h3-8,10,15H,1-2,9,11H2,(H,22,24)(H,27,28)/t15-/m1/s1. The highest BCUT2D eigenvalue weighted by molar-refractivity contribution is 6.22. The second-order valence-corrected chi connectivity index (χ2v) is 6.95. The maximum atomic E-state index is 12.7. The Balaban J connectivity index is 1.50. The number of anilines is 1. The van der Waals surface area contributed by atoms with Crippen molar-refractivity contribution in [3.63, 3.8) is 0 Å². The molecule has 8 nitrogen and oxygen atoms in total. The van der Waals surface area contributed by atoms with E-state index in [1.807, 2.05) is 0 Å². The van der Waals surface area contributed by atoms with Crippen LogP contribution < -0.4 is 5.32 Å². The molecule has 0 unspecified atom stereocenters. The van der Waals surface area contributed by atoms with E-state index in [0.717, 1.165) is 12.8 Å². The number of amides is 3. The summed E-state index contributed by atoms with van der Waals surface area (Å²) in [6.07, 6.45) is 1.57. The van der Waals surface area contributed by atoms with Gasteiger partial charge >= 0.3 is 5.97 Å². The van der Waals surface area contributed by atoms with E-state index in [4.69, 9.17) is 9.84 Å². The number of nitrogens with one attached hydrogen (secondary N) is 1. The first kappa shape index (κ1) is 18.8. The molecule has 1 fully saturated rings. The van der Waals surface area contributed by atoms with Crippen LogP contribution in [0.25, 0.3) is 0 Å². The second-order valence-electron chi connectivity index (χ2n) is 6.95. The van der Waals surface area contributed by atoms with Gasteiger partial charge in [-0.25, -0.2) is 4.79 Å². The zero-order chi connectivity index (χ0) is 20.5. The molecule has 2 aromatic carbocycles. The smallest absolute Gasteiger partial charge is 0.335 e. The van der Waals surface area contributed by atoms with E-state index < -0.39 is 17.8 Å². The molecule has 2 aliphatic rings. The summed E-state index contributed by atoms with van der Waals surface area (Å²) in [4.78, 5) is 49.8. The molecule has 2 heterocycles. The van der Waals surface area contributed by atoms with Crippen LogP contribution in [0.2, 0.25) is 0 Å². The van der Waals surface area contributed by atoms with E-state index >= 15 is 0 Å². The van der Waals surface area contributed by atoms with E-state index in [0.29, 0.717) is 12.3 Å². The molecule has 0 aromatic heterocycles. The van der Waals surface area contributed by atoms with Crippen molar-refractivity contribution in [3.8, 4) is 0 Å². The molecule has 148 valence electrons. The Kier molecular flexibility index (Phi) is 4.85. The predicted molar refractivity (Wildman–Crippen MR) is 102 cm³/mol. The van der Waals surface area contributed by atoms with Crippen LogP contribution in [0.1, 0.15) is 54.3 Å². The van der Waals surface area contributed by atoms with E-state index in [1.54, 1.807) is 0 Å². The zero-order valence-corrected chi connectivity index (χ0v) is 15.4. The number of imide groups is 1. The van der Waals surface area contributed by atoms with Gasteiger partial charge in [0.25, 0.3) is 17.7 Å². The highest BCUT2D eigenvalue weighted by Crippen LogP contribution is 2.26. The molecule has 3 amide bonds. The van der Waals surface area contributed by atoms with Gasteiger partial charge in [0.1, 0.15) is 0 Å². The van der Waals surface area contributed by atoms with Crippen molar-refractivity contribution in [2.45, 2.75) is 18.9 Å². The fraction of sp³-hybridized carbons (Fsp3) is 0.238. The molecule has 0 radical (unpaired) electrons. The molecule has 1 atom stereocenters. The number of ether oxygens (including phenoxy) is 1. The van der Waals surface area contributed by atoms with E-state index in [-0.39, 0.29) is 40.8 Å². The van der Waals surface area contributed by atoms with Gasteiger partial charge in [-0.1, -0.05) is 0 Å². The third kappa shape index (κ3) is 3.62. The number of hydrogen-bond acceptors (Lipinski definition) is 5. The maximum absolute atomic E-state index is 12.7. The van der Waals surface area contributed by atoms with Crippen LogP contribution in [0.5, 0.6) is 0 Å². The summed E-state index contributed by atoms with van der Waals surface area (Å²) in [6.45, 7) is 0.843. The van der Waals surface area contributed by atoms with Crippen molar-refractivity contribution < 1.29 is 29.0 Å². The van der Waals surface area contributed by atoms with Crippen molar-refractivity contribution >= 4 is 29.4 Å². The quantitative estimate of drug-likeness (QED) is 0.753. The molecule has 1 saturated heterocycles. The minimum Gasteiger partial charge on any atom is -0.478 e. The summed E-state index contributed by atoms with van der Waals surface area (Å²) in [5.74, 6) is -2.33. The Bertz CT molecular complexity index is 1010. The first-order valence-corrected chi connectivity index (χ1v) is 9.20. The summed E-state index contributed by atoms with van der Waals surface area (Å²) in [5.41, 5.74) is 1.22. The van der Waals surface area contributed by atoms with Gasteiger partial charge < -0.3 is 15.2 Å². The van der Waals surface area contributed by atoms with E-state index in [9.17, 15) is 19.2 Å². The lowest BCUT2D eigenvalue weighted by Crippen LogP contribution is -2.36. The number of carboxylic acids is 1. The largest absolute Gasteiger partial charge is 0.478 e. The van der Waals surface area contributed by atoms with E-state index in [2.05, 4.69) is 5.32 Å². The molecular formula is C21H18N2O6. The molecule has 0 aliphatic carbocycles. The van der Waals surface area contributed by atoms with Crippen LogP contribution in [0.15, 0.2) is 42.5 Å². The van der Waals surface area contributed by atoms with Gasteiger partial charge in [0.2, 0.25) is 0 Å². The average molecular weight is 394 g/mol. The number of benzene rings is 2. The summed E-state index contributed by atoms with van der Waals surface area (Å²) in [6, 6.07) is 10.1. The predicted octanol–water partition coefficient (Wildman–Crippen LogP) is 2.41. The molecule has 2 aliphatic heterocycles. The summed E-state index contributed by atoms with van der Waals surface area (Å²) >= 11 is 0. The second kappa shape index (κ2) is 7.48. The first-order valence-electron chi connectivity index (χ1n) is 9.20. The fourth-order valence-electron chi connectivity index (χ4n) is 3.49. The molecule has 0 bridgehead atoms. The monoisotopic (exact) mass is 394 g/mol. The van der Waals surface area contributed by atoms with Crippen molar-refractivity contribution in [2.75, 3.05) is 18.5 Å². The van der Waals surface area contributed by atoms with Gasteiger partial charge in [0, 0.05) is 17.9 Å². The fourth-order valence-corrected chi connectivity index (χ4v) is 3.49. The summed E-state index contributed by atoms with van der Waals surface area (Å²) in [7, 11) is 0. The van der Waals surface area contributed by atoms with Crippen LogP contribution in [-0.2, 0) is 4.74 Å². The number of hydrogen-bond donors (Lipinski definition) is 2. The average Bonchev–Trinajstić information content (AvgIpc) is 3.31. The molecule has 0 saturated carbocycles. The lowest BCUT2D eigenvalue weighted by Gasteiger charge is -2.17. The first-order chi connectivity index (χ1) is 13.9. The van der Waals surface area contributed by atoms with Crippen LogP contribution >= 0.6 is 0 Å². The van der Waals surface area contributed by atoms with Crippen LogP contribution in [0.3, 0.4) is 0 Å². The molecule has 2 aromatic rings. The Hall–Kier alpha value is -3.52. The number of nitrogens with zero attached hydrogens (tertiary/aromatic N) is 1. The van der Waals surface area contributed by atoms with Crippen molar-refractivity contribution in [2.24, 2.45) is 0 Å². The molecule has 8 heteroatoms. The number of carbonyl (C=O) groups excluding carboxylic acids is 3. The number of carbonyl (C=O) groups is 4. The topological polar surface area (TPSA) is 113 Å². The number of aromatic carboxylic acids is 1. The van der Waals surface area contributed by atoms with Crippen LogP contribution in [0.4, 0.5) is 5.69 Å². The van der Waals surface area contributed by atoms with Crippen LogP contribution in [0, 0.1) is 0 Å². The molecular weight excluding hydrogens is 376 g/mol. The van der Waals surface area contributed by atoms with Crippen molar-refractivity contribution in [1.82, 2.24) is 4.90 Å².